The van der Waals surface area contributed by atoms with E-state index < -0.39 is 12.7 Å². The third-order valence-electron chi connectivity index (χ3n) is 2.44. The van der Waals surface area contributed by atoms with Crippen LogP contribution >= 0.6 is 22.9 Å². The molecule has 0 amide bonds. The highest BCUT2D eigenvalue weighted by Gasteiger charge is 2.32. The molecule has 2 rings (SSSR count). The lowest BCUT2D eigenvalue weighted by Gasteiger charge is -2.25. The second-order valence-electron chi connectivity index (χ2n) is 3.99. The number of hydrogen-bond acceptors (Lipinski definition) is 4. The van der Waals surface area contributed by atoms with Crippen LogP contribution in [0, 0.1) is 0 Å². The lowest BCUT2D eigenvalue weighted by Crippen LogP contribution is -2.35. The molecule has 8 heteroatoms. The molecule has 2 heterocycles. The average Bonchev–Trinajstić information content (AvgIpc) is 2.73. The van der Waals surface area contributed by atoms with Crippen LogP contribution in [0.4, 0.5) is 19.0 Å². The quantitative estimate of drug-likeness (QED) is 0.795. The van der Waals surface area contributed by atoms with E-state index in [0.717, 1.165) is 0 Å². The predicted octanol–water partition coefficient (Wildman–Crippen LogP) is 4.12. The van der Waals surface area contributed by atoms with Gasteiger partial charge in [0, 0.05) is 6.54 Å². The minimum absolute atomic E-state index is 0.0340. The molecule has 0 saturated carbocycles. The molecular formula is C11H11ClF3N3S. The highest BCUT2D eigenvalue weighted by molar-refractivity contribution is 7.16. The molecule has 0 aliphatic carbocycles. The maximum Gasteiger partial charge on any atom is 0.405 e. The Morgan fingerprint density at radius 3 is 2.74 bits per heavy atom. The molecule has 19 heavy (non-hydrogen) atoms. The van der Waals surface area contributed by atoms with Crippen LogP contribution in [0.3, 0.4) is 0 Å². The Morgan fingerprint density at radius 2 is 2.11 bits per heavy atom. The minimum Gasteiger partial charge on any atom is -0.347 e. The minimum atomic E-state index is -4.28. The summed E-state index contributed by atoms with van der Waals surface area (Å²) in [7, 11) is 0. The van der Waals surface area contributed by atoms with E-state index in [1.807, 2.05) is 6.92 Å². The number of hydrogen-bond donors (Lipinski definition) is 0. The number of anilines is 1. The van der Waals surface area contributed by atoms with Gasteiger partial charge in [-0.25, -0.2) is 4.98 Å². The van der Waals surface area contributed by atoms with E-state index in [2.05, 4.69) is 9.97 Å². The van der Waals surface area contributed by atoms with E-state index in [1.54, 1.807) is 11.4 Å². The monoisotopic (exact) mass is 309 g/mol. The van der Waals surface area contributed by atoms with Crippen LogP contribution in [0.1, 0.15) is 13.3 Å². The van der Waals surface area contributed by atoms with Gasteiger partial charge in [-0.2, -0.15) is 18.2 Å². The molecule has 0 aliphatic heterocycles. The lowest BCUT2D eigenvalue weighted by molar-refractivity contribution is -0.119. The van der Waals surface area contributed by atoms with Crippen LogP contribution in [-0.2, 0) is 0 Å². The summed E-state index contributed by atoms with van der Waals surface area (Å²) in [6, 6.07) is 1.71. The average molecular weight is 310 g/mol. The summed E-state index contributed by atoms with van der Waals surface area (Å²) in [6.07, 6.45) is -3.70. The summed E-state index contributed by atoms with van der Waals surface area (Å²) in [4.78, 5) is 9.76. The Kier molecular flexibility index (Phi) is 4.15. The number of aromatic nitrogens is 2. The maximum atomic E-state index is 12.6. The third kappa shape index (κ3) is 3.48. The normalized spacial score (nSPS) is 12.1. The van der Waals surface area contributed by atoms with Crippen molar-refractivity contribution < 1.29 is 13.2 Å². The Hall–Kier alpha value is -1.08. The van der Waals surface area contributed by atoms with Crippen molar-refractivity contribution in [2.24, 2.45) is 0 Å². The number of rotatable bonds is 4. The topological polar surface area (TPSA) is 29.0 Å². The van der Waals surface area contributed by atoms with Crippen molar-refractivity contribution in [1.29, 1.82) is 0 Å². The van der Waals surface area contributed by atoms with Gasteiger partial charge in [-0.1, -0.05) is 6.92 Å². The van der Waals surface area contributed by atoms with Crippen LogP contribution in [0.25, 0.3) is 10.2 Å². The lowest BCUT2D eigenvalue weighted by atomic mass is 10.3. The van der Waals surface area contributed by atoms with Crippen LogP contribution in [0.5, 0.6) is 0 Å². The Bertz CT molecular complexity index is 570. The number of halogens is 4. The molecule has 0 atom stereocenters. The zero-order valence-corrected chi connectivity index (χ0v) is 11.6. The molecule has 0 N–H and O–H groups in total. The molecular weight excluding hydrogens is 299 g/mol. The molecule has 0 spiro atoms. The fourth-order valence-corrected chi connectivity index (χ4v) is 2.77. The van der Waals surface area contributed by atoms with Gasteiger partial charge in [0.1, 0.15) is 17.2 Å². The zero-order valence-electron chi connectivity index (χ0n) is 10.0. The van der Waals surface area contributed by atoms with Crippen molar-refractivity contribution in [2.75, 3.05) is 18.0 Å². The first-order chi connectivity index (χ1) is 8.90. The molecule has 0 bridgehead atoms. The predicted molar refractivity (Wildman–Crippen MR) is 71.0 cm³/mol. The summed E-state index contributed by atoms with van der Waals surface area (Å²) < 4.78 is 37.9. The van der Waals surface area contributed by atoms with Gasteiger partial charge in [-0.3, -0.25) is 0 Å². The SMILES string of the molecule is CCCN(CC(F)(F)F)c1nc(Cl)nc2sccc12. The van der Waals surface area contributed by atoms with Crippen molar-refractivity contribution in [1.82, 2.24) is 9.97 Å². The second-order valence-corrected chi connectivity index (χ2v) is 5.23. The fraction of sp³-hybridized carbons (Fsp3) is 0.455. The first-order valence-corrected chi connectivity index (χ1v) is 6.89. The van der Waals surface area contributed by atoms with Gasteiger partial charge < -0.3 is 4.90 Å². The zero-order chi connectivity index (χ0) is 14.0. The van der Waals surface area contributed by atoms with E-state index in [9.17, 15) is 13.2 Å². The molecule has 2 aromatic heterocycles. The summed E-state index contributed by atoms with van der Waals surface area (Å²) in [5.74, 6) is 0.246. The summed E-state index contributed by atoms with van der Waals surface area (Å²) >= 11 is 7.10. The second kappa shape index (κ2) is 5.50. The Morgan fingerprint density at radius 1 is 1.37 bits per heavy atom. The van der Waals surface area contributed by atoms with Gasteiger partial charge >= 0.3 is 6.18 Å². The number of nitrogens with zero attached hydrogens (tertiary/aromatic N) is 3. The Labute approximate surface area is 117 Å². The molecule has 0 radical (unpaired) electrons. The van der Waals surface area contributed by atoms with Crippen LogP contribution in [0.2, 0.25) is 5.28 Å². The smallest absolute Gasteiger partial charge is 0.347 e. The molecule has 0 aromatic carbocycles. The van der Waals surface area contributed by atoms with E-state index in [1.165, 1.54) is 16.2 Å². The number of fused-ring (bicyclic) bond motifs is 1. The maximum absolute atomic E-state index is 12.6. The van der Waals surface area contributed by atoms with Gasteiger partial charge in [0.05, 0.1) is 5.39 Å². The third-order valence-corrected chi connectivity index (χ3v) is 3.42. The van der Waals surface area contributed by atoms with Crippen LogP contribution < -0.4 is 4.90 Å². The van der Waals surface area contributed by atoms with Gasteiger partial charge in [-0.05, 0) is 29.5 Å². The standard InChI is InChI=1S/C11H11ClF3N3S/c1-2-4-18(6-11(13,14)15)8-7-3-5-19-9(7)17-10(12)16-8/h3,5H,2,4,6H2,1H3. The Balaban J connectivity index is 2.45. The molecule has 0 fully saturated rings. The van der Waals surface area contributed by atoms with Crippen molar-refractivity contribution in [3.63, 3.8) is 0 Å². The van der Waals surface area contributed by atoms with E-state index in [4.69, 9.17) is 11.6 Å². The van der Waals surface area contributed by atoms with Gasteiger partial charge in [0.25, 0.3) is 0 Å². The van der Waals surface area contributed by atoms with Crippen LogP contribution in [-0.4, -0.2) is 29.2 Å². The van der Waals surface area contributed by atoms with Gasteiger partial charge in [0.2, 0.25) is 5.28 Å². The molecule has 3 nitrogen and oxygen atoms in total. The van der Waals surface area contributed by atoms with Crippen molar-refractivity contribution in [3.8, 4) is 0 Å². The van der Waals surface area contributed by atoms with E-state index >= 15 is 0 Å². The molecule has 2 aromatic rings. The summed E-state index contributed by atoms with van der Waals surface area (Å²) in [5.41, 5.74) is 0. The number of thiophene rings is 1. The highest BCUT2D eigenvalue weighted by atomic mass is 35.5. The van der Waals surface area contributed by atoms with E-state index in [0.29, 0.717) is 16.6 Å². The molecule has 0 aliphatic rings. The first kappa shape index (κ1) is 14.3. The first-order valence-electron chi connectivity index (χ1n) is 5.63. The van der Waals surface area contributed by atoms with Crippen molar-refractivity contribution >= 4 is 39.0 Å². The van der Waals surface area contributed by atoms with Gasteiger partial charge in [0.15, 0.2) is 0 Å². The van der Waals surface area contributed by atoms with Crippen molar-refractivity contribution in [2.45, 2.75) is 19.5 Å². The largest absolute Gasteiger partial charge is 0.405 e. The molecule has 104 valence electrons. The van der Waals surface area contributed by atoms with Crippen molar-refractivity contribution in [3.05, 3.63) is 16.7 Å². The number of alkyl halides is 3. The molecule has 0 saturated heterocycles. The summed E-state index contributed by atoms with van der Waals surface area (Å²) in [5, 5.41) is 2.33. The summed E-state index contributed by atoms with van der Waals surface area (Å²) in [6.45, 7) is 1.04. The van der Waals surface area contributed by atoms with Crippen LogP contribution in [0.15, 0.2) is 11.4 Å². The van der Waals surface area contributed by atoms with E-state index in [-0.39, 0.29) is 17.6 Å². The fourth-order valence-electron chi connectivity index (χ4n) is 1.80. The van der Waals surface area contributed by atoms with Gasteiger partial charge in [-0.15, -0.1) is 11.3 Å². The molecule has 0 unspecified atom stereocenters. The highest BCUT2D eigenvalue weighted by Crippen LogP contribution is 2.31.